The first-order valence-corrected chi connectivity index (χ1v) is 6.27. The molecule has 0 spiro atoms. The van der Waals surface area contributed by atoms with Gasteiger partial charge in [0.25, 0.3) is 0 Å². The van der Waals surface area contributed by atoms with Crippen molar-refractivity contribution in [2.75, 3.05) is 0 Å². The lowest BCUT2D eigenvalue weighted by atomic mass is 10.4. The molecule has 0 atom stereocenters. The van der Waals surface area contributed by atoms with E-state index in [0.29, 0.717) is 0 Å². The predicted molar refractivity (Wildman–Crippen MR) is 55.7 cm³/mol. The van der Waals surface area contributed by atoms with Gasteiger partial charge in [0.2, 0.25) is 5.78 Å². The van der Waals surface area contributed by atoms with Crippen LogP contribution in [0.4, 0.5) is 0 Å². The molecule has 0 radical (unpaired) electrons. The van der Waals surface area contributed by atoms with E-state index in [9.17, 15) is 9.36 Å². The van der Waals surface area contributed by atoms with Crippen LogP contribution in [0.2, 0.25) is 0 Å². The van der Waals surface area contributed by atoms with Gasteiger partial charge in [-0.25, -0.2) is 14.8 Å². The Bertz CT molecular complexity index is 631. The van der Waals surface area contributed by atoms with Gasteiger partial charge in [-0.1, -0.05) is 0 Å². The Balaban J connectivity index is 2.57. The first kappa shape index (κ1) is 11.7. The summed E-state index contributed by atoms with van der Waals surface area (Å²) in [4.78, 5) is 36.0. The minimum absolute atomic E-state index is 0.0911. The number of fused-ring (bicyclic) bond motifs is 1. The van der Waals surface area contributed by atoms with Crippen LogP contribution in [-0.4, -0.2) is 35.2 Å². The second-order valence-electron chi connectivity index (χ2n) is 3.36. The van der Waals surface area contributed by atoms with E-state index < -0.39 is 19.7 Å². The molecule has 2 heterocycles. The maximum Gasteiger partial charge on any atom is 0.356 e. The Morgan fingerprint density at radius 3 is 2.76 bits per heavy atom. The van der Waals surface area contributed by atoms with Crippen LogP contribution in [0.15, 0.2) is 18.5 Å². The lowest BCUT2D eigenvalue weighted by Crippen LogP contribution is -1.98. The predicted octanol–water partition coefficient (Wildman–Crippen LogP) is 0.105. The number of hydrogen-bond donors (Lipinski definition) is 3. The van der Waals surface area contributed by atoms with Gasteiger partial charge in [0, 0.05) is 18.1 Å². The number of nitrogens with zero attached hydrogens (tertiary/aromatic N) is 3. The third kappa shape index (κ3) is 2.50. The number of hydrogen-bond acceptors (Lipinski definition) is 4. The van der Waals surface area contributed by atoms with E-state index in [1.54, 1.807) is 0 Å². The summed E-state index contributed by atoms with van der Waals surface area (Å²) in [6.07, 6.45) is 2.00. The normalized spacial score (nSPS) is 11.9. The van der Waals surface area contributed by atoms with E-state index in [2.05, 4.69) is 9.97 Å². The third-order valence-corrected chi connectivity index (χ3v) is 2.78. The van der Waals surface area contributed by atoms with Gasteiger partial charge in [-0.3, -0.25) is 8.97 Å². The van der Waals surface area contributed by atoms with Crippen molar-refractivity contribution < 1.29 is 24.3 Å². The maximum absolute atomic E-state index is 10.9. The Hall–Kier alpha value is -1.76. The zero-order chi connectivity index (χ0) is 12.6. The Morgan fingerprint density at radius 2 is 2.18 bits per heavy atom. The van der Waals surface area contributed by atoms with Gasteiger partial charge in [-0.15, -0.1) is 0 Å². The van der Waals surface area contributed by atoms with Gasteiger partial charge in [0.05, 0.1) is 6.16 Å². The molecule has 8 nitrogen and oxygen atoms in total. The average Bonchev–Trinajstić information content (AvgIpc) is 2.60. The fraction of sp³-hybridized carbons (Fsp3) is 0.125. The number of imidazole rings is 1. The Kier molecular flexibility index (Phi) is 2.70. The van der Waals surface area contributed by atoms with Crippen LogP contribution in [-0.2, 0) is 10.7 Å². The van der Waals surface area contributed by atoms with Crippen LogP contribution in [0, 0.1) is 0 Å². The minimum atomic E-state index is -4.23. The highest BCUT2D eigenvalue weighted by Crippen LogP contribution is 2.38. The van der Waals surface area contributed by atoms with Gasteiger partial charge >= 0.3 is 13.6 Å². The van der Waals surface area contributed by atoms with Crippen molar-refractivity contribution in [1.29, 1.82) is 0 Å². The molecule has 2 rings (SSSR count). The SMILES string of the molecule is O=C(O)c1cn2c(CP(=O)(O)O)ccnc2n1. The zero-order valence-electron chi connectivity index (χ0n) is 8.39. The number of aromatic nitrogens is 3. The van der Waals surface area contributed by atoms with Crippen LogP contribution < -0.4 is 0 Å². The summed E-state index contributed by atoms with van der Waals surface area (Å²) in [5.74, 6) is -1.13. The molecule has 0 saturated heterocycles. The molecule has 17 heavy (non-hydrogen) atoms. The highest BCUT2D eigenvalue weighted by molar-refractivity contribution is 7.50. The molecule has 3 N–H and O–H groups in total. The lowest BCUT2D eigenvalue weighted by Gasteiger charge is -2.05. The second-order valence-corrected chi connectivity index (χ2v) is 5.01. The minimum Gasteiger partial charge on any atom is -0.476 e. The molecule has 0 aliphatic carbocycles. The van der Waals surface area contributed by atoms with Gasteiger partial charge in [-0.05, 0) is 6.07 Å². The summed E-state index contributed by atoms with van der Waals surface area (Å²) in [7, 11) is -4.23. The van der Waals surface area contributed by atoms with Crippen LogP contribution in [0.5, 0.6) is 0 Å². The summed E-state index contributed by atoms with van der Waals surface area (Å²) in [5.41, 5.74) is 0.0268. The number of aromatic carboxylic acids is 1. The highest BCUT2D eigenvalue weighted by atomic mass is 31.2. The molecule has 90 valence electrons. The molecule has 0 saturated carbocycles. The van der Waals surface area contributed by atoms with E-state index in [-0.39, 0.29) is 17.2 Å². The summed E-state index contributed by atoms with van der Waals surface area (Å²) < 4.78 is 12.2. The summed E-state index contributed by atoms with van der Waals surface area (Å²) in [5, 5.41) is 8.75. The fourth-order valence-electron chi connectivity index (χ4n) is 1.39. The third-order valence-electron chi connectivity index (χ3n) is 2.04. The van der Waals surface area contributed by atoms with Crippen LogP contribution in [0.1, 0.15) is 16.2 Å². The largest absolute Gasteiger partial charge is 0.476 e. The molecule has 0 bridgehead atoms. The molecule has 0 fully saturated rings. The number of carbonyl (C=O) groups is 1. The first-order chi connectivity index (χ1) is 7.87. The van der Waals surface area contributed by atoms with Crippen LogP contribution in [0.3, 0.4) is 0 Å². The van der Waals surface area contributed by atoms with Crippen molar-refractivity contribution in [3.8, 4) is 0 Å². The summed E-state index contributed by atoms with van der Waals surface area (Å²) in [6, 6.07) is 1.40. The highest BCUT2D eigenvalue weighted by Gasteiger charge is 2.18. The van der Waals surface area contributed by atoms with E-state index >= 15 is 0 Å². The van der Waals surface area contributed by atoms with Crippen molar-refractivity contribution in [3.63, 3.8) is 0 Å². The van der Waals surface area contributed by atoms with Crippen molar-refractivity contribution in [2.45, 2.75) is 6.16 Å². The fourth-order valence-corrected chi connectivity index (χ4v) is 2.07. The quantitative estimate of drug-likeness (QED) is 0.666. The first-order valence-electron chi connectivity index (χ1n) is 4.48. The molecule has 2 aromatic rings. The van der Waals surface area contributed by atoms with Crippen molar-refractivity contribution in [1.82, 2.24) is 14.4 Å². The molecule has 0 aliphatic rings. The molecule has 9 heteroatoms. The molecular formula is C8H8N3O5P. The van der Waals surface area contributed by atoms with E-state index in [4.69, 9.17) is 14.9 Å². The van der Waals surface area contributed by atoms with Gasteiger partial charge < -0.3 is 14.9 Å². The molecule has 0 unspecified atom stereocenters. The number of rotatable bonds is 3. The van der Waals surface area contributed by atoms with E-state index in [1.807, 2.05) is 0 Å². The molecule has 0 amide bonds. The van der Waals surface area contributed by atoms with E-state index in [0.717, 1.165) is 0 Å². The van der Waals surface area contributed by atoms with Crippen molar-refractivity contribution >= 4 is 19.3 Å². The van der Waals surface area contributed by atoms with Gasteiger partial charge in [0.1, 0.15) is 0 Å². The smallest absolute Gasteiger partial charge is 0.356 e. The molecular weight excluding hydrogens is 249 g/mol. The maximum atomic E-state index is 10.9. The molecule has 0 aromatic carbocycles. The van der Waals surface area contributed by atoms with E-state index in [1.165, 1.54) is 22.9 Å². The van der Waals surface area contributed by atoms with Crippen LogP contribution in [0.25, 0.3) is 5.78 Å². The summed E-state index contributed by atoms with van der Waals surface area (Å²) in [6.45, 7) is 0. The molecule has 2 aromatic heterocycles. The lowest BCUT2D eigenvalue weighted by molar-refractivity contribution is 0.0691. The Morgan fingerprint density at radius 1 is 1.47 bits per heavy atom. The average molecular weight is 257 g/mol. The van der Waals surface area contributed by atoms with Crippen LogP contribution >= 0.6 is 7.60 Å². The van der Waals surface area contributed by atoms with Crippen molar-refractivity contribution in [3.05, 3.63) is 29.8 Å². The van der Waals surface area contributed by atoms with Crippen molar-refractivity contribution in [2.24, 2.45) is 0 Å². The Labute approximate surface area is 94.7 Å². The van der Waals surface area contributed by atoms with Gasteiger partial charge in [-0.2, -0.15) is 0 Å². The number of carboxylic acids is 1. The number of carboxylic acid groups (broad SMARTS) is 1. The topological polar surface area (TPSA) is 125 Å². The monoisotopic (exact) mass is 257 g/mol. The zero-order valence-corrected chi connectivity index (χ0v) is 9.28. The van der Waals surface area contributed by atoms with Gasteiger partial charge in [0.15, 0.2) is 5.69 Å². The standard InChI is InChI=1S/C8H8N3O5P/c12-7(13)6-3-11-5(4-17(14,15)16)1-2-9-8(11)10-6/h1-3H,4H2,(H,12,13)(H2,14,15,16). The molecule has 0 aliphatic heterocycles. The summed E-state index contributed by atoms with van der Waals surface area (Å²) >= 11 is 0. The second kappa shape index (κ2) is 3.92.